The molecular formula is C10H16N2O2. The van der Waals surface area contributed by atoms with Crippen LogP contribution < -0.4 is 5.32 Å². The maximum Gasteiger partial charge on any atom is 0.256 e. The zero-order valence-corrected chi connectivity index (χ0v) is 8.40. The van der Waals surface area contributed by atoms with E-state index in [1.807, 2.05) is 19.1 Å². The lowest BCUT2D eigenvalue weighted by molar-refractivity contribution is -0.552. The molecule has 1 aliphatic carbocycles. The molecule has 0 bridgehead atoms. The summed E-state index contributed by atoms with van der Waals surface area (Å²) in [7, 11) is 0. The van der Waals surface area contributed by atoms with E-state index in [0.29, 0.717) is 13.0 Å². The second-order valence-electron chi connectivity index (χ2n) is 3.53. The van der Waals surface area contributed by atoms with E-state index in [9.17, 15) is 10.1 Å². The molecule has 1 rings (SSSR count). The second kappa shape index (κ2) is 4.91. The minimum Gasteiger partial charge on any atom is -0.310 e. The highest BCUT2D eigenvalue weighted by Crippen LogP contribution is 2.20. The van der Waals surface area contributed by atoms with E-state index in [-0.39, 0.29) is 4.92 Å². The summed E-state index contributed by atoms with van der Waals surface area (Å²) in [6.45, 7) is 3.28. The van der Waals surface area contributed by atoms with Gasteiger partial charge in [0.1, 0.15) is 0 Å². The fourth-order valence-corrected chi connectivity index (χ4v) is 1.47. The van der Waals surface area contributed by atoms with Gasteiger partial charge < -0.3 is 5.32 Å². The summed E-state index contributed by atoms with van der Waals surface area (Å²) in [5.74, 6) is 0. The van der Waals surface area contributed by atoms with Gasteiger partial charge in [-0.2, -0.15) is 0 Å². The molecule has 1 unspecified atom stereocenters. The van der Waals surface area contributed by atoms with Gasteiger partial charge in [0.25, 0.3) is 5.54 Å². The third-order valence-corrected chi connectivity index (χ3v) is 2.35. The Morgan fingerprint density at radius 3 is 2.86 bits per heavy atom. The van der Waals surface area contributed by atoms with Gasteiger partial charge in [-0.05, 0) is 19.0 Å². The molecule has 0 aromatic heterocycles. The zero-order valence-electron chi connectivity index (χ0n) is 8.40. The van der Waals surface area contributed by atoms with Crippen LogP contribution in [0.1, 0.15) is 19.8 Å². The van der Waals surface area contributed by atoms with Gasteiger partial charge >= 0.3 is 0 Å². The first kappa shape index (κ1) is 10.9. The summed E-state index contributed by atoms with van der Waals surface area (Å²) < 4.78 is 0. The van der Waals surface area contributed by atoms with E-state index in [1.165, 1.54) is 0 Å². The summed E-state index contributed by atoms with van der Waals surface area (Å²) in [5.41, 5.74) is -0.927. The van der Waals surface area contributed by atoms with Crippen LogP contribution in [0, 0.1) is 10.1 Å². The van der Waals surface area contributed by atoms with Gasteiger partial charge in [-0.15, -0.1) is 0 Å². The van der Waals surface area contributed by atoms with Crippen LogP contribution in [0.4, 0.5) is 0 Å². The molecule has 78 valence electrons. The number of hydrogen-bond donors (Lipinski definition) is 1. The lowest BCUT2D eigenvalue weighted by Gasteiger charge is -2.22. The van der Waals surface area contributed by atoms with Gasteiger partial charge in [0, 0.05) is 11.3 Å². The SMILES string of the molecule is CCCNCC1([N+](=O)[O-])C=CC=CC1. The van der Waals surface area contributed by atoms with Crippen molar-refractivity contribution in [3.05, 3.63) is 34.4 Å². The number of rotatable bonds is 5. The van der Waals surface area contributed by atoms with Crippen LogP contribution in [-0.4, -0.2) is 23.6 Å². The topological polar surface area (TPSA) is 55.2 Å². The molecule has 0 radical (unpaired) electrons. The number of nitrogens with one attached hydrogen (secondary N) is 1. The molecule has 0 amide bonds. The lowest BCUT2D eigenvalue weighted by atomic mass is 9.92. The first-order valence-corrected chi connectivity index (χ1v) is 4.91. The Balaban J connectivity index is 2.59. The average Bonchev–Trinajstić information content (AvgIpc) is 2.19. The smallest absolute Gasteiger partial charge is 0.256 e. The first-order chi connectivity index (χ1) is 6.71. The molecule has 0 aromatic carbocycles. The summed E-state index contributed by atoms with van der Waals surface area (Å²) in [6.07, 6.45) is 8.59. The molecule has 0 heterocycles. The van der Waals surface area contributed by atoms with Crippen molar-refractivity contribution in [3.63, 3.8) is 0 Å². The molecule has 4 heteroatoms. The number of hydrogen-bond acceptors (Lipinski definition) is 3. The molecule has 0 saturated heterocycles. The van der Waals surface area contributed by atoms with Gasteiger partial charge in [0.2, 0.25) is 0 Å². The van der Waals surface area contributed by atoms with Crippen LogP contribution in [0.3, 0.4) is 0 Å². The predicted molar refractivity (Wildman–Crippen MR) is 55.8 cm³/mol. The third-order valence-electron chi connectivity index (χ3n) is 2.35. The van der Waals surface area contributed by atoms with Crippen LogP contribution in [-0.2, 0) is 0 Å². The molecular weight excluding hydrogens is 180 g/mol. The van der Waals surface area contributed by atoms with Crippen molar-refractivity contribution in [1.29, 1.82) is 0 Å². The van der Waals surface area contributed by atoms with E-state index in [0.717, 1.165) is 13.0 Å². The highest BCUT2D eigenvalue weighted by molar-refractivity contribution is 5.18. The van der Waals surface area contributed by atoms with E-state index in [1.54, 1.807) is 12.2 Å². The van der Waals surface area contributed by atoms with Crippen molar-refractivity contribution in [2.24, 2.45) is 0 Å². The van der Waals surface area contributed by atoms with E-state index < -0.39 is 5.54 Å². The molecule has 0 saturated carbocycles. The molecule has 14 heavy (non-hydrogen) atoms. The number of nitro groups is 1. The van der Waals surface area contributed by atoms with Crippen molar-refractivity contribution < 1.29 is 4.92 Å². The molecule has 4 nitrogen and oxygen atoms in total. The summed E-state index contributed by atoms with van der Waals surface area (Å²) in [6, 6.07) is 0. The van der Waals surface area contributed by atoms with Crippen LogP contribution in [0.15, 0.2) is 24.3 Å². The molecule has 0 aromatic rings. The van der Waals surface area contributed by atoms with Crippen molar-refractivity contribution in [1.82, 2.24) is 5.32 Å². The predicted octanol–water partition coefficient (Wildman–Crippen LogP) is 1.52. The Morgan fingerprint density at radius 1 is 1.57 bits per heavy atom. The molecule has 1 aliphatic rings. The fourth-order valence-electron chi connectivity index (χ4n) is 1.47. The zero-order chi connectivity index (χ0) is 10.4. The van der Waals surface area contributed by atoms with Crippen LogP contribution in [0.25, 0.3) is 0 Å². The van der Waals surface area contributed by atoms with E-state index >= 15 is 0 Å². The molecule has 1 N–H and O–H groups in total. The Bertz CT molecular complexity index is 261. The maximum atomic E-state index is 11.0. The monoisotopic (exact) mass is 196 g/mol. The quantitative estimate of drug-likeness (QED) is 0.412. The minimum absolute atomic E-state index is 0.199. The fraction of sp³-hybridized carbons (Fsp3) is 0.600. The van der Waals surface area contributed by atoms with Crippen molar-refractivity contribution in [3.8, 4) is 0 Å². The van der Waals surface area contributed by atoms with Crippen LogP contribution in [0.2, 0.25) is 0 Å². The Hall–Kier alpha value is -1.16. The van der Waals surface area contributed by atoms with Crippen LogP contribution in [0.5, 0.6) is 0 Å². The molecule has 0 spiro atoms. The van der Waals surface area contributed by atoms with E-state index in [2.05, 4.69) is 5.32 Å². The van der Waals surface area contributed by atoms with Gasteiger partial charge in [0.05, 0.1) is 6.54 Å². The minimum atomic E-state index is -0.927. The second-order valence-corrected chi connectivity index (χ2v) is 3.53. The number of allylic oxidation sites excluding steroid dienone is 2. The Morgan fingerprint density at radius 2 is 2.36 bits per heavy atom. The summed E-state index contributed by atoms with van der Waals surface area (Å²) in [5, 5.41) is 14.1. The molecule has 0 aliphatic heterocycles. The van der Waals surface area contributed by atoms with Crippen molar-refractivity contribution in [2.75, 3.05) is 13.1 Å². The summed E-state index contributed by atoms with van der Waals surface area (Å²) >= 11 is 0. The highest BCUT2D eigenvalue weighted by atomic mass is 16.6. The summed E-state index contributed by atoms with van der Waals surface area (Å²) in [4.78, 5) is 10.8. The average molecular weight is 196 g/mol. The van der Waals surface area contributed by atoms with Gasteiger partial charge in [-0.25, -0.2) is 0 Å². The lowest BCUT2D eigenvalue weighted by Crippen LogP contribution is -2.46. The Kier molecular flexibility index (Phi) is 3.83. The Labute approximate surface area is 83.8 Å². The van der Waals surface area contributed by atoms with Crippen molar-refractivity contribution >= 4 is 0 Å². The van der Waals surface area contributed by atoms with Crippen molar-refractivity contribution in [2.45, 2.75) is 25.3 Å². The third kappa shape index (κ3) is 2.42. The van der Waals surface area contributed by atoms with Gasteiger partial charge in [-0.3, -0.25) is 10.1 Å². The molecule has 0 fully saturated rings. The number of nitrogens with zero attached hydrogens (tertiary/aromatic N) is 1. The van der Waals surface area contributed by atoms with E-state index in [4.69, 9.17) is 0 Å². The first-order valence-electron chi connectivity index (χ1n) is 4.91. The standard InChI is InChI=1S/C10H16N2O2/c1-2-8-11-9-10(12(13)14)6-4-3-5-7-10/h3-6,11H,2,7-9H2,1H3. The highest BCUT2D eigenvalue weighted by Gasteiger charge is 2.39. The van der Waals surface area contributed by atoms with Gasteiger partial charge in [0.15, 0.2) is 0 Å². The largest absolute Gasteiger partial charge is 0.310 e. The maximum absolute atomic E-state index is 11.0. The van der Waals surface area contributed by atoms with Gasteiger partial charge in [-0.1, -0.05) is 25.2 Å². The van der Waals surface area contributed by atoms with Crippen LogP contribution >= 0.6 is 0 Å². The molecule has 1 atom stereocenters. The normalized spacial score (nSPS) is 25.2.